The van der Waals surface area contributed by atoms with Gasteiger partial charge in [-0.3, -0.25) is 9.69 Å². The van der Waals surface area contributed by atoms with Crippen LogP contribution >= 0.6 is 0 Å². The van der Waals surface area contributed by atoms with Crippen LogP contribution in [0.2, 0.25) is 0 Å². The molecule has 1 aromatic carbocycles. The van der Waals surface area contributed by atoms with E-state index in [0.29, 0.717) is 11.6 Å². The van der Waals surface area contributed by atoms with Crippen molar-refractivity contribution in [3.8, 4) is 0 Å². The minimum Gasteiger partial charge on any atom is -0.398 e. The molecule has 0 aliphatic heterocycles. The Labute approximate surface area is 122 Å². The summed E-state index contributed by atoms with van der Waals surface area (Å²) >= 11 is 0. The minimum absolute atomic E-state index is 0.00417. The summed E-state index contributed by atoms with van der Waals surface area (Å²) in [5.74, 6) is 0.592. The monoisotopic (exact) mass is 277 g/mol. The Balaban J connectivity index is 2.68. The first-order valence-corrected chi connectivity index (χ1v) is 7.23. The molecular weight excluding hydrogens is 250 g/mol. The molecule has 2 unspecified atom stereocenters. The summed E-state index contributed by atoms with van der Waals surface area (Å²) in [5.41, 5.74) is 8.26. The molecule has 0 heterocycles. The number of benzene rings is 1. The lowest BCUT2D eigenvalue weighted by Crippen LogP contribution is -2.41. The summed E-state index contributed by atoms with van der Waals surface area (Å²) in [4.78, 5) is 14.4. The maximum Gasteiger partial charge on any atom is 0.241 e. The molecule has 0 radical (unpaired) electrons. The predicted octanol–water partition coefficient (Wildman–Crippen LogP) is 2.88. The lowest BCUT2D eigenvalue weighted by molar-refractivity contribution is -0.120. The van der Waals surface area contributed by atoms with Crippen LogP contribution in [0, 0.1) is 12.8 Å². The van der Waals surface area contributed by atoms with E-state index in [9.17, 15) is 4.79 Å². The van der Waals surface area contributed by atoms with Crippen LogP contribution in [0.25, 0.3) is 0 Å². The van der Waals surface area contributed by atoms with Gasteiger partial charge in [-0.25, -0.2) is 0 Å². The molecule has 1 amide bonds. The molecule has 4 nitrogen and oxygen atoms in total. The summed E-state index contributed by atoms with van der Waals surface area (Å²) < 4.78 is 0. The molecule has 0 spiro atoms. The van der Waals surface area contributed by atoms with Crippen LogP contribution in [0.5, 0.6) is 0 Å². The first-order chi connectivity index (χ1) is 9.36. The topological polar surface area (TPSA) is 58.4 Å². The van der Waals surface area contributed by atoms with Crippen molar-refractivity contribution >= 4 is 17.3 Å². The van der Waals surface area contributed by atoms with Gasteiger partial charge in [0.25, 0.3) is 0 Å². The molecule has 112 valence electrons. The summed E-state index contributed by atoms with van der Waals surface area (Å²) in [6.07, 6.45) is 1.12. The quantitative estimate of drug-likeness (QED) is 0.786. The second-order valence-electron chi connectivity index (χ2n) is 5.64. The number of anilines is 2. The maximum absolute atomic E-state index is 12.3. The number of amides is 1. The van der Waals surface area contributed by atoms with E-state index in [2.05, 4.69) is 24.1 Å². The molecular formula is C16H27N3O. The Morgan fingerprint density at radius 2 is 2.05 bits per heavy atom. The normalized spacial score (nSPS) is 14.1. The van der Waals surface area contributed by atoms with Gasteiger partial charge in [0.2, 0.25) is 5.91 Å². The van der Waals surface area contributed by atoms with Crippen molar-refractivity contribution in [1.82, 2.24) is 4.90 Å². The van der Waals surface area contributed by atoms with E-state index < -0.39 is 0 Å². The molecule has 4 heteroatoms. The standard InChI is InChI=1S/C16H27N3O/c1-6-11(2)10-19(5)13(4)16(20)18-15-9-7-8-14(17)12(15)3/h7-9,11,13H,6,10,17H2,1-5H3,(H,18,20). The van der Waals surface area contributed by atoms with Gasteiger partial charge >= 0.3 is 0 Å². The van der Waals surface area contributed by atoms with E-state index in [4.69, 9.17) is 5.73 Å². The number of hydrogen-bond donors (Lipinski definition) is 2. The number of nitrogen functional groups attached to an aromatic ring is 1. The van der Waals surface area contributed by atoms with Gasteiger partial charge in [0.1, 0.15) is 0 Å². The number of hydrogen-bond acceptors (Lipinski definition) is 3. The Morgan fingerprint density at radius 1 is 1.40 bits per heavy atom. The van der Waals surface area contributed by atoms with Crippen LogP contribution in [-0.2, 0) is 4.79 Å². The average Bonchev–Trinajstić information content (AvgIpc) is 2.42. The highest BCUT2D eigenvalue weighted by Crippen LogP contribution is 2.21. The lowest BCUT2D eigenvalue weighted by atomic mass is 10.1. The van der Waals surface area contributed by atoms with Crippen molar-refractivity contribution in [3.63, 3.8) is 0 Å². The highest BCUT2D eigenvalue weighted by Gasteiger charge is 2.19. The molecule has 0 saturated carbocycles. The van der Waals surface area contributed by atoms with Gasteiger partial charge in [-0.05, 0) is 44.5 Å². The Hall–Kier alpha value is -1.55. The molecule has 0 aliphatic rings. The molecule has 0 bridgehead atoms. The first kappa shape index (κ1) is 16.5. The smallest absolute Gasteiger partial charge is 0.241 e. The zero-order valence-corrected chi connectivity index (χ0v) is 13.2. The number of nitrogens with zero attached hydrogens (tertiary/aromatic N) is 1. The molecule has 0 aromatic heterocycles. The van der Waals surface area contributed by atoms with E-state index >= 15 is 0 Å². The predicted molar refractivity (Wildman–Crippen MR) is 85.8 cm³/mol. The Kier molecular flexibility index (Phi) is 6.02. The highest BCUT2D eigenvalue weighted by atomic mass is 16.2. The van der Waals surface area contributed by atoms with Crippen molar-refractivity contribution < 1.29 is 4.79 Å². The van der Waals surface area contributed by atoms with Crippen molar-refractivity contribution in [2.24, 2.45) is 5.92 Å². The molecule has 0 aliphatic carbocycles. The van der Waals surface area contributed by atoms with Gasteiger partial charge in [0, 0.05) is 17.9 Å². The van der Waals surface area contributed by atoms with Gasteiger partial charge in [-0.1, -0.05) is 26.3 Å². The fraction of sp³-hybridized carbons (Fsp3) is 0.562. The van der Waals surface area contributed by atoms with Gasteiger partial charge in [-0.15, -0.1) is 0 Å². The van der Waals surface area contributed by atoms with E-state index in [1.807, 2.05) is 39.1 Å². The van der Waals surface area contributed by atoms with Crippen molar-refractivity contribution in [3.05, 3.63) is 23.8 Å². The summed E-state index contributed by atoms with van der Waals surface area (Å²) in [7, 11) is 1.99. The first-order valence-electron chi connectivity index (χ1n) is 7.23. The van der Waals surface area contributed by atoms with Crippen LogP contribution in [0.15, 0.2) is 18.2 Å². The maximum atomic E-state index is 12.3. The van der Waals surface area contributed by atoms with Crippen LogP contribution in [0.3, 0.4) is 0 Å². The van der Waals surface area contributed by atoms with E-state index in [0.717, 1.165) is 24.2 Å². The summed E-state index contributed by atoms with van der Waals surface area (Å²) in [5, 5.41) is 2.96. The number of nitrogens with one attached hydrogen (secondary N) is 1. The SMILES string of the molecule is CCC(C)CN(C)C(C)C(=O)Nc1cccc(N)c1C. The number of likely N-dealkylation sites (N-methyl/N-ethyl adjacent to an activating group) is 1. The van der Waals surface area contributed by atoms with Gasteiger partial charge < -0.3 is 11.1 Å². The van der Waals surface area contributed by atoms with E-state index in [1.54, 1.807) is 0 Å². The lowest BCUT2D eigenvalue weighted by Gasteiger charge is -2.26. The van der Waals surface area contributed by atoms with Crippen LogP contribution < -0.4 is 11.1 Å². The average molecular weight is 277 g/mol. The van der Waals surface area contributed by atoms with Gasteiger partial charge in [-0.2, -0.15) is 0 Å². The second-order valence-corrected chi connectivity index (χ2v) is 5.64. The minimum atomic E-state index is -0.162. The fourth-order valence-electron chi connectivity index (χ4n) is 2.01. The van der Waals surface area contributed by atoms with Crippen molar-refractivity contribution in [2.75, 3.05) is 24.6 Å². The summed E-state index contributed by atoms with van der Waals surface area (Å²) in [6.45, 7) is 9.13. The van der Waals surface area contributed by atoms with Crippen LogP contribution in [-0.4, -0.2) is 30.4 Å². The molecule has 3 N–H and O–H groups in total. The molecule has 2 atom stereocenters. The van der Waals surface area contributed by atoms with Crippen LogP contribution in [0.1, 0.15) is 32.8 Å². The van der Waals surface area contributed by atoms with Crippen LogP contribution in [0.4, 0.5) is 11.4 Å². The number of carbonyl (C=O) groups excluding carboxylic acids is 1. The molecule has 20 heavy (non-hydrogen) atoms. The summed E-state index contributed by atoms with van der Waals surface area (Å²) in [6, 6.07) is 5.41. The number of carbonyl (C=O) groups is 1. The third kappa shape index (κ3) is 4.23. The van der Waals surface area contributed by atoms with E-state index in [-0.39, 0.29) is 11.9 Å². The zero-order chi connectivity index (χ0) is 15.3. The fourth-order valence-corrected chi connectivity index (χ4v) is 2.01. The Morgan fingerprint density at radius 3 is 2.65 bits per heavy atom. The molecule has 1 aromatic rings. The second kappa shape index (κ2) is 7.29. The number of nitrogens with two attached hydrogens (primary N) is 1. The van der Waals surface area contributed by atoms with E-state index in [1.165, 1.54) is 0 Å². The molecule has 0 saturated heterocycles. The Bertz CT molecular complexity index is 459. The molecule has 0 fully saturated rings. The third-order valence-electron chi connectivity index (χ3n) is 3.97. The van der Waals surface area contributed by atoms with Crippen molar-refractivity contribution in [2.45, 2.75) is 40.2 Å². The zero-order valence-electron chi connectivity index (χ0n) is 13.2. The number of rotatable bonds is 6. The van der Waals surface area contributed by atoms with Gasteiger partial charge in [0.05, 0.1) is 6.04 Å². The van der Waals surface area contributed by atoms with Gasteiger partial charge in [0.15, 0.2) is 0 Å². The highest BCUT2D eigenvalue weighted by molar-refractivity contribution is 5.95. The van der Waals surface area contributed by atoms with Crippen molar-refractivity contribution in [1.29, 1.82) is 0 Å². The third-order valence-corrected chi connectivity index (χ3v) is 3.97. The molecule has 1 rings (SSSR count). The largest absolute Gasteiger partial charge is 0.398 e.